The van der Waals surface area contributed by atoms with E-state index in [9.17, 15) is 0 Å². The Kier molecular flexibility index (Phi) is 1.86. The first-order valence-electron chi connectivity index (χ1n) is 6.91. The number of H-pyrrole nitrogens is 1. The van der Waals surface area contributed by atoms with Crippen molar-refractivity contribution in [2.45, 2.75) is 0 Å². The summed E-state index contributed by atoms with van der Waals surface area (Å²) < 4.78 is 2.20. The van der Waals surface area contributed by atoms with E-state index in [1.54, 1.807) is 0 Å². The maximum absolute atomic E-state index is 4.25. The molecule has 21 heavy (non-hydrogen) atoms. The van der Waals surface area contributed by atoms with E-state index < -0.39 is 0 Å². The van der Waals surface area contributed by atoms with Crippen molar-refractivity contribution in [3.63, 3.8) is 0 Å². The number of aromatic amines is 1. The van der Waals surface area contributed by atoms with Crippen LogP contribution in [0.3, 0.4) is 0 Å². The van der Waals surface area contributed by atoms with Gasteiger partial charge in [0.25, 0.3) is 0 Å². The molecule has 0 aliphatic rings. The number of aryl methyl sites for hydroxylation is 1. The minimum absolute atomic E-state index is 1.08. The predicted octanol–water partition coefficient (Wildman–Crippen LogP) is 3.76. The van der Waals surface area contributed by atoms with E-state index >= 15 is 0 Å². The Labute approximate surface area is 120 Å². The average Bonchev–Trinajstić information content (AvgIpc) is 3.04. The van der Waals surface area contributed by atoms with E-state index in [0.717, 1.165) is 11.0 Å². The number of fused-ring (bicyclic) bond motifs is 7. The van der Waals surface area contributed by atoms with Gasteiger partial charge in [-0.1, -0.05) is 6.07 Å². The molecular weight excluding hydrogens is 260 g/mol. The molecule has 0 bridgehead atoms. The van der Waals surface area contributed by atoms with Gasteiger partial charge in [0.15, 0.2) is 0 Å². The van der Waals surface area contributed by atoms with Gasteiger partial charge in [-0.3, -0.25) is 9.97 Å². The molecule has 0 aliphatic heterocycles. The zero-order valence-electron chi connectivity index (χ0n) is 11.5. The van der Waals surface area contributed by atoms with Crippen molar-refractivity contribution in [2.75, 3.05) is 0 Å². The lowest BCUT2D eigenvalue weighted by atomic mass is 10.1. The summed E-state index contributed by atoms with van der Waals surface area (Å²) in [6.45, 7) is 0. The number of hydrogen-bond acceptors (Lipinski definition) is 2. The molecule has 5 aromatic rings. The van der Waals surface area contributed by atoms with Gasteiger partial charge in [0.05, 0.1) is 34.5 Å². The van der Waals surface area contributed by atoms with Crippen LogP contribution in [0.1, 0.15) is 0 Å². The Morgan fingerprint density at radius 3 is 2.57 bits per heavy atom. The van der Waals surface area contributed by atoms with Gasteiger partial charge < -0.3 is 9.55 Å². The number of hydrogen-bond donors (Lipinski definition) is 1. The van der Waals surface area contributed by atoms with Crippen LogP contribution in [-0.4, -0.2) is 19.5 Å². The first kappa shape index (κ1) is 10.9. The molecule has 0 saturated carbocycles. The topological polar surface area (TPSA) is 46.5 Å². The Morgan fingerprint density at radius 1 is 0.857 bits per heavy atom. The van der Waals surface area contributed by atoms with Gasteiger partial charge in [0.1, 0.15) is 0 Å². The monoisotopic (exact) mass is 272 g/mol. The molecule has 4 nitrogen and oxygen atoms in total. The summed E-state index contributed by atoms with van der Waals surface area (Å²) in [6, 6.07) is 8.52. The molecule has 0 atom stereocenters. The summed E-state index contributed by atoms with van der Waals surface area (Å²) in [7, 11) is 2.09. The standard InChI is InChI=1S/C17H12N4/c1-21-14-3-2-11-10-4-6-18-8-13(10)20-17(11)16(14)12-5-7-19-9-15(12)21/h2-9,20H,1H3. The SMILES string of the molecule is Cn1c2cnccc2c2c3[nH]c4cnccc4c3ccc21. The third-order valence-corrected chi connectivity index (χ3v) is 4.35. The Bertz CT molecular complexity index is 1150. The van der Waals surface area contributed by atoms with Crippen LogP contribution in [0.25, 0.3) is 43.6 Å². The fourth-order valence-electron chi connectivity index (χ4n) is 3.36. The lowest BCUT2D eigenvalue weighted by Crippen LogP contribution is -1.86. The minimum atomic E-state index is 1.08. The maximum Gasteiger partial charge on any atom is 0.0675 e. The van der Waals surface area contributed by atoms with Gasteiger partial charge in [-0.2, -0.15) is 0 Å². The Hall–Kier alpha value is -2.88. The number of nitrogens with one attached hydrogen (secondary N) is 1. The van der Waals surface area contributed by atoms with E-state index in [1.165, 1.54) is 32.6 Å². The highest BCUT2D eigenvalue weighted by Gasteiger charge is 2.14. The summed E-state index contributed by atoms with van der Waals surface area (Å²) in [5, 5.41) is 4.94. The van der Waals surface area contributed by atoms with Gasteiger partial charge in [0, 0.05) is 41.0 Å². The van der Waals surface area contributed by atoms with Crippen molar-refractivity contribution in [3.8, 4) is 0 Å². The molecule has 0 radical (unpaired) electrons. The van der Waals surface area contributed by atoms with Gasteiger partial charge >= 0.3 is 0 Å². The molecule has 4 aromatic heterocycles. The quantitative estimate of drug-likeness (QED) is 0.466. The van der Waals surface area contributed by atoms with Crippen LogP contribution in [0.2, 0.25) is 0 Å². The van der Waals surface area contributed by atoms with Crippen LogP contribution < -0.4 is 0 Å². The van der Waals surface area contributed by atoms with Gasteiger partial charge in [-0.25, -0.2) is 0 Å². The fourth-order valence-corrected chi connectivity index (χ4v) is 3.36. The van der Waals surface area contributed by atoms with E-state index in [2.05, 4.69) is 50.8 Å². The minimum Gasteiger partial charge on any atom is -0.353 e. The van der Waals surface area contributed by atoms with Crippen molar-refractivity contribution in [1.29, 1.82) is 0 Å². The number of aromatic nitrogens is 4. The van der Waals surface area contributed by atoms with Crippen molar-refractivity contribution in [2.24, 2.45) is 7.05 Å². The van der Waals surface area contributed by atoms with E-state index in [4.69, 9.17) is 0 Å². The lowest BCUT2D eigenvalue weighted by molar-refractivity contribution is 1.01. The van der Waals surface area contributed by atoms with Gasteiger partial charge in [-0.15, -0.1) is 0 Å². The molecule has 0 fully saturated rings. The fraction of sp³-hybridized carbons (Fsp3) is 0.0588. The highest BCUT2D eigenvalue weighted by molar-refractivity contribution is 6.24. The predicted molar refractivity (Wildman–Crippen MR) is 85.4 cm³/mol. The molecule has 0 amide bonds. The molecule has 100 valence electrons. The first-order chi connectivity index (χ1) is 10.3. The van der Waals surface area contributed by atoms with E-state index in [0.29, 0.717) is 0 Å². The number of pyridine rings is 2. The average molecular weight is 272 g/mol. The second kappa shape index (κ2) is 3.61. The first-order valence-corrected chi connectivity index (χ1v) is 6.91. The zero-order valence-corrected chi connectivity index (χ0v) is 11.5. The second-order valence-corrected chi connectivity index (χ2v) is 5.38. The number of nitrogens with zero attached hydrogens (tertiary/aromatic N) is 3. The largest absolute Gasteiger partial charge is 0.353 e. The lowest BCUT2D eigenvalue weighted by Gasteiger charge is -1.97. The van der Waals surface area contributed by atoms with Gasteiger partial charge in [0.2, 0.25) is 0 Å². The highest BCUT2D eigenvalue weighted by Crippen LogP contribution is 2.36. The van der Waals surface area contributed by atoms with Crippen molar-refractivity contribution in [3.05, 3.63) is 49.1 Å². The highest BCUT2D eigenvalue weighted by atomic mass is 14.9. The van der Waals surface area contributed by atoms with Crippen molar-refractivity contribution >= 4 is 43.6 Å². The van der Waals surface area contributed by atoms with Crippen LogP contribution in [0.4, 0.5) is 0 Å². The summed E-state index contributed by atoms with van der Waals surface area (Å²) in [6.07, 6.45) is 7.50. The molecule has 0 aliphatic carbocycles. The molecule has 4 heterocycles. The normalized spacial score (nSPS) is 12.0. The summed E-state index contributed by atoms with van der Waals surface area (Å²) in [5.41, 5.74) is 4.61. The number of rotatable bonds is 0. The molecule has 1 aromatic carbocycles. The van der Waals surface area contributed by atoms with E-state index in [1.807, 2.05) is 24.8 Å². The zero-order chi connectivity index (χ0) is 14.0. The van der Waals surface area contributed by atoms with Crippen LogP contribution in [-0.2, 0) is 7.05 Å². The second-order valence-electron chi connectivity index (χ2n) is 5.38. The van der Waals surface area contributed by atoms with E-state index in [-0.39, 0.29) is 0 Å². The van der Waals surface area contributed by atoms with Crippen molar-refractivity contribution in [1.82, 2.24) is 19.5 Å². The van der Waals surface area contributed by atoms with Crippen molar-refractivity contribution < 1.29 is 0 Å². The summed E-state index contributed by atoms with van der Waals surface area (Å²) in [5.74, 6) is 0. The number of benzene rings is 1. The molecular formula is C17H12N4. The maximum atomic E-state index is 4.25. The van der Waals surface area contributed by atoms with Gasteiger partial charge in [-0.05, 0) is 18.2 Å². The summed E-state index contributed by atoms with van der Waals surface area (Å²) >= 11 is 0. The molecule has 5 rings (SSSR count). The third kappa shape index (κ3) is 1.24. The van der Waals surface area contributed by atoms with Crippen LogP contribution in [0.15, 0.2) is 49.1 Å². The van der Waals surface area contributed by atoms with Crippen LogP contribution in [0, 0.1) is 0 Å². The Morgan fingerprint density at radius 2 is 1.67 bits per heavy atom. The molecule has 0 spiro atoms. The Balaban J connectivity index is 2.16. The summed E-state index contributed by atoms with van der Waals surface area (Å²) in [4.78, 5) is 12.0. The van der Waals surface area contributed by atoms with Crippen LogP contribution in [0.5, 0.6) is 0 Å². The van der Waals surface area contributed by atoms with Crippen LogP contribution >= 0.6 is 0 Å². The molecule has 0 saturated heterocycles. The molecule has 4 heteroatoms. The third-order valence-electron chi connectivity index (χ3n) is 4.35. The molecule has 0 unspecified atom stereocenters. The smallest absolute Gasteiger partial charge is 0.0675 e. The molecule has 1 N–H and O–H groups in total.